The van der Waals surface area contributed by atoms with E-state index in [9.17, 15) is 0 Å². The van der Waals surface area contributed by atoms with Gasteiger partial charge in [0.25, 0.3) is 0 Å². The first kappa shape index (κ1) is 17.7. The minimum Gasteiger partial charge on any atom is -0.493 e. The van der Waals surface area contributed by atoms with Crippen LogP contribution in [0.4, 0.5) is 0 Å². The Morgan fingerprint density at radius 2 is 2.08 bits per heavy atom. The molecule has 2 saturated heterocycles. The first-order valence-corrected chi connectivity index (χ1v) is 9.52. The Kier molecular flexibility index (Phi) is 6.52. The van der Waals surface area contributed by atoms with Crippen LogP contribution in [0.2, 0.25) is 0 Å². The summed E-state index contributed by atoms with van der Waals surface area (Å²) in [5, 5.41) is 3.46. The van der Waals surface area contributed by atoms with Crippen LogP contribution in [0.25, 0.3) is 0 Å². The summed E-state index contributed by atoms with van der Waals surface area (Å²) in [6.07, 6.45) is 5.11. The number of hydrogen-bond donors (Lipinski definition) is 1. The van der Waals surface area contributed by atoms with E-state index in [2.05, 4.69) is 53.5 Å². The molecule has 2 heterocycles. The third-order valence-electron chi connectivity index (χ3n) is 5.53. The van der Waals surface area contributed by atoms with E-state index < -0.39 is 0 Å². The Labute approximate surface area is 147 Å². The van der Waals surface area contributed by atoms with Crippen molar-refractivity contribution in [2.75, 3.05) is 46.9 Å². The van der Waals surface area contributed by atoms with Crippen LogP contribution in [0.15, 0.2) is 24.3 Å². The fourth-order valence-corrected chi connectivity index (χ4v) is 3.87. The summed E-state index contributed by atoms with van der Waals surface area (Å²) < 4.78 is 6.06. The molecule has 1 aromatic rings. The van der Waals surface area contributed by atoms with Crippen molar-refractivity contribution in [3.05, 3.63) is 29.8 Å². The zero-order valence-electron chi connectivity index (χ0n) is 15.3. The lowest BCUT2D eigenvalue weighted by Crippen LogP contribution is -2.41. The number of ether oxygens (including phenoxy) is 1. The maximum atomic E-state index is 6.06. The fraction of sp³-hybridized carbons (Fsp3) is 0.700. The van der Waals surface area contributed by atoms with Crippen LogP contribution in [-0.2, 0) is 6.54 Å². The lowest BCUT2D eigenvalue weighted by molar-refractivity contribution is 0.139. The summed E-state index contributed by atoms with van der Waals surface area (Å²) >= 11 is 0. The summed E-state index contributed by atoms with van der Waals surface area (Å²) in [7, 11) is 4.48. The van der Waals surface area contributed by atoms with Gasteiger partial charge in [0.05, 0.1) is 6.61 Å². The molecule has 0 aliphatic carbocycles. The quantitative estimate of drug-likeness (QED) is 0.867. The van der Waals surface area contributed by atoms with Crippen molar-refractivity contribution in [1.29, 1.82) is 0 Å². The van der Waals surface area contributed by atoms with Gasteiger partial charge in [-0.05, 0) is 77.1 Å². The number of likely N-dealkylation sites (tertiary alicyclic amines) is 1. The second-order valence-corrected chi connectivity index (χ2v) is 7.62. The molecule has 2 fully saturated rings. The first-order chi connectivity index (χ1) is 11.7. The van der Waals surface area contributed by atoms with Crippen molar-refractivity contribution in [1.82, 2.24) is 15.1 Å². The van der Waals surface area contributed by atoms with Crippen molar-refractivity contribution in [3.63, 3.8) is 0 Å². The highest BCUT2D eigenvalue weighted by atomic mass is 16.5. The zero-order valence-corrected chi connectivity index (χ0v) is 15.3. The second-order valence-electron chi connectivity index (χ2n) is 7.62. The number of nitrogens with zero attached hydrogens (tertiary/aromatic N) is 2. The zero-order chi connectivity index (χ0) is 16.8. The Hall–Kier alpha value is -1.10. The largest absolute Gasteiger partial charge is 0.493 e. The maximum absolute atomic E-state index is 6.06. The molecule has 1 atom stereocenters. The third kappa shape index (κ3) is 5.20. The average Bonchev–Trinajstić information content (AvgIpc) is 2.62. The second kappa shape index (κ2) is 8.84. The van der Waals surface area contributed by atoms with Gasteiger partial charge in [0.15, 0.2) is 0 Å². The van der Waals surface area contributed by atoms with Crippen LogP contribution in [0, 0.1) is 5.92 Å². The highest BCUT2D eigenvalue weighted by Gasteiger charge is 2.20. The van der Waals surface area contributed by atoms with E-state index in [4.69, 9.17) is 4.74 Å². The van der Waals surface area contributed by atoms with Gasteiger partial charge in [0.2, 0.25) is 0 Å². The van der Waals surface area contributed by atoms with Crippen LogP contribution in [-0.4, -0.2) is 62.7 Å². The highest BCUT2D eigenvalue weighted by Crippen LogP contribution is 2.20. The molecule has 0 radical (unpaired) electrons. The van der Waals surface area contributed by atoms with E-state index in [1.54, 1.807) is 0 Å². The van der Waals surface area contributed by atoms with Gasteiger partial charge >= 0.3 is 0 Å². The Morgan fingerprint density at radius 1 is 1.25 bits per heavy atom. The Bertz CT molecular complexity index is 493. The molecule has 0 aromatic heterocycles. The van der Waals surface area contributed by atoms with Gasteiger partial charge in [0, 0.05) is 25.0 Å². The van der Waals surface area contributed by atoms with Crippen LogP contribution in [0.1, 0.15) is 31.2 Å². The molecule has 2 aliphatic heterocycles. The molecule has 1 aromatic carbocycles. The van der Waals surface area contributed by atoms with E-state index in [1.807, 2.05) is 0 Å². The lowest BCUT2D eigenvalue weighted by Gasteiger charge is -2.35. The monoisotopic (exact) mass is 331 g/mol. The van der Waals surface area contributed by atoms with Crippen LogP contribution in [0.3, 0.4) is 0 Å². The molecular weight excluding hydrogens is 298 g/mol. The van der Waals surface area contributed by atoms with Crippen LogP contribution < -0.4 is 10.1 Å². The third-order valence-corrected chi connectivity index (χ3v) is 5.53. The molecule has 4 nitrogen and oxygen atoms in total. The smallest absolute Gasteiger partial charge is 0.119 e. The number of piperidine rings is 2. The summed E-state index contributed by atoms with van der Waals surface area (Å²) in [5.74, 6) is 1.68. The molecule has 1 unspecified atom stereocenters. The Balaban J connectivity index is 1.49. The molecule has 1 N–H and O–H groups in total. The molecule has 0 spiro atoms. The van der Waals surface area contributed by atoms with Crippen molar-refractivity contribution in [3.8, 4) is 5.75 Å². The number of benzene rings is 1. The lowest BCUT2D eigenvalue weighted by atomic mass is 10.0. The van der Waals surface area contributed by atoms with E-state index in [-0.39, 0.29) is 0 Å². The van der Waals surface area contributed by atoms with Gasteiger partial charge in [-0.3, -0.25) is 4.90 Å². The predicted octanol–water partition coefficient (Wildman–Crippen LogP) is 2.59. The van der Waals surface area contributed by atoms with E-state index in [0.717, 1.165) is 32.0 Å². The summed E-state index contributed by atoms with van der Waals surface area (Å²) in [6, 6.07) is 9.38. The normalized spacial score (nSPS) is 23.5. The van der Waals surface area contributed by atoms with Gasteiger partial charge < -0.3 is 15.0 Å². The van der Waals surface area contributed by atoms with Crippen molar-refractivity contribution in [2.24, 2.45) is 5.92 Å². The van der Waals surface area contributed by atoms with Gasteiger partial charge in [-0.25, -0.2) is 0 Å². The van der Waals surface area contributed by atoms with Crippen LogP contribution >= 0.6 is 0 Å². The molecular formula is C20H33N3O. The molecule has 134 valence electrons. The van der Waals surface area contributed by atoms with Gasteiger partial charge in [-0.2, -0.15) is 0 Å². The van der Waals surface area contributed by atoms with E-state index in [0.29, 0.717) is 12.0 Å². The first-order valence-electron chi connectivity index (χ1n) is 9.52. The predicted molar refractivity (Wildman–Crippen MR) is 99.5 cm³/mol. The number of rotatable bonds is 6. The number of hydrogen-bond acceptors (Lipinski definition) is 4. The van der Waals surface area contributed by atoms with Gasteiger partial charge in [-0.15, -0.1) is 0 Å². The van der Waals surface area contributed by atoms with Gasteiger partial charge in [0.1, 0.15) is 5.75 Å². The molecule has 0 amide bonds. The van der Waals surface area contributed by atoms with Crippen molar-refractivity contribution < 1.29 is 4.74 Å². The number of nitrogens with one attached hydrogen (secondary N) is 1. The van der Waals surface area contributed by atoms with E-state index >= 15 is 0 Å². The van der Waals surface area contributed by atoms with E-state index in [1.165, 1.54) is 44.3 Å². The van der Waals surface area contributed by atoms with Crippen molar-refractivity contribution in [2.45, 2.75) is 38.3 Å². The average molecular weight is 332 g/mol. The summed E-state index contributed by atoms with van der Waals surface area (Å²) in [6.45, 7) is 6.53. The fourth-order valence-electron chi connectivity index (χ4n) is 3.87. The highest BCUT2D eigenvalue weighted by molar-refractivity contribution is 5.28. The summed E-state index contributed by atoms with van der Waals surface area (Å²) in [4.78, 5) is 4.94. The molecule has 0 bridgehead atoms. The SMILES string of the molecule is CN1CCC(N(C)Cc2cccc(OCC3CCCNC3)c2)CC1. The topological polar surface area (TPSA) is 27.7 Å². The summed E-state index contributed by atoms with van der Waals surface area (Å²) in [5.41, 5.74) is 1.36. The molecule has 4 heteroatoms. The van der Waals surface area contributed by atoms with Crippen LogP contribution in [0.5, 0.6) is 5.75 Å². The van der Waals surface area contributed by atoms with Crippen molar-refractivity contribution >= 4 is 0 Å². The molecule has 2 aliphatic rings. The minimum atomic E-state index is 0.657. The standard InChI is InChI=1S/C20H33N3O/c1-22-11-8-19(9-12-22)23(2)15-17-5-3-7-20(13-17)24-16-18-6-4-10-21-14-18/h3,5,7,13,18-19,21H,4,6,8-12,14-16H2,1-2H3. The minimum absolute atomic E-state index is 0.657. The Morgan fingerprint density at radius 3 is 2.83 bits per heavy atom. The van der Waals surface area contributed by atoms with Gasteiger partial charge in [-0.1, -0.05) is 12.1 Å². The molecule has 24 heavy (non-hydrogen) atoms. The molecule has 3 rings (SSSR count). The maximum Gasteiger partial charge on any atom is 0.119 e. The molecule has 0 saturated carbocycles.